The summed E-state index contributed by atoms with van der Waals surface area (Å²) >= 11 is 0. The van der Waals surface area contributed by atoms with Crippen molar-refractivity contribution in [1.29, 1.82) is 0 Å². The van der Waals surface area contributed by atoms with Crippen LogP contribution in [0.2, 0.25) is 0 Å². The molecule has 1 amide bonds. The van der Waals surface area contributed by atoms with Gasteiger partial charge in [0.05, 0.1) is 33.3 Å². The molecule has 4 rings (SSSR count). The van der Waals surface area contributed by atoms with Crippen molar-refractivity contribution in [1.82, 2.24) is 5.01 Å². The van der Waals surface area contributed by atoms with Crippen molar-refractivity contribution in [2.24, 2.45) is 5.10 Å². The van der Waals surface area contributed by atoms with Gasteiger partial charge in [-0.1, -0.05) is 0 Å². The second-order valence-corrected chi connectivity index (χ2v) is 7.80. The molecule has 0 aliphatic carbocycles. The number of amides is 1. The maximum Gasteiger partial charge on any atom is 0.331 e. The van der Waals surface area contributed by atoms with Gasteiger partial charge in [0.2, 0.25) is 0 Å². The third kappa shape index (κ3) is 5.57. The molecule has 0 radical (unpaired) electrons. The molecular weight excluding hydrogens is 464 g/mol. The Bertz CT molecular complexity index is 1260. The molecule has 9 heteroatoms. The van der Waals surface area contributed by atoms with Gasteiger partial charge in [0, 0.05) is 18.1 Å². The van der Waals surface area contributed by atoms with E-state index in [1.807, 2.05) is 24.3 Å². The van der Waals surface area contributed by atoms with Crippen molar-refractivity contribution in [3.8, 4) is 17.2 Å². The number of methoxy groups -OCH3 is 3. The third-order valence-corrected chi connectivity index (χ3v) is 5.63. The molecule has 2 aromatic carbocycles. The van der Waals surface area contributed by atoms with Gasteiger partial charge in [0.25, 0.3) is 5.91 Å². The Balaban J connectivity index is 1.45. The van der Waals surface area contributed by atoms with Crippen LogP contribution in [-0.4, -0.2) is 50.5 Å². The van der Waals surface area contributed by atoms with Gasteiger partial charge in [-0.3, -0.25) is 4.79 Å². The number of carbonyl (C=O) groups excluding carboxylic acids is 2. The highest BCUT2D eigenvalue weighted by Gasteiger charge is 2.35. The Morgan fingerprint density at radius 3 is 2.44 bits per heavy atom. The summed E-state index contributed by atoms with van der Waals surface area (Å²) in [6.07, 6.45) is 4.76. The molecular formula is C27H26N2O7. The highest BCUT2D eigenvalue weighted by molar-refractivity contribution is 6.03. The van der Waals surface area contributed by atoms with E-state index < -0.39 is 24.5 Å². The van der Waals surface area contributed by atoms with Crippen LogP contribution in [0.3, 0.4) is 0 Å². The van der Waals surface area contributed by atoms with Gasteiger partial charge >= 0.3 is 5.97 Å². The maximum atomic E-state index is 13.0. The molecule has 1 atom stereocenters. The normalized spacial score (nSPS) is 15.0. The van der Waals surface area contributed by atoms with Gasteiger partial charge in [-0.25, -0.2) is 9.80 Å². The summed E-state index contributed by atoms with van der Waals surface area (Å²) in [5.41, 5.74) is 2.20. The van der Waals surface area contributed by atoms with E-state index in [1.54, 1.807) is 50.8 Å². The lowest BCUT2D eigenvalue weighted by Crippen LogP contribution is -2.31. The van der Waals surface area contributed by atoms with Crippen molar-refractivity contribution in [2.45, 2.75) is 12.5 Å². The van der Waals surface area contributed by atoms with E-state index in [0.29, 0.717) is 35.0 Å². The van der Waals surface area contributed by atoms with Crippen LogP contribution in [-0.2, 0) is 14.3 Å². The van der Waals surface area contributed by atoms with Crippen LogP contribution in [0.4, 0.5) is 0 Å². The van der Waals surface area contributed by atoms with Crippen molar-refractivity contribution in [2.75, 3.05) is 27.9 Å². The number of furan rings is 1. The number of carbonyl (C=O) groups is 2. The summed E-state index contributed by atoms with van der Waals surface area (Å²) in [5, 5.41) is 5.83. The summed E-state index contributed by atoms with van der Waals surface area (Å²) in [7, 11) is 4.67. The van der Waals surface area contributed by atoms with Crippen LogP contribution >= 0.6 is 0 Å². The minimum absolute atomic E-state index is 0.445. The van der Waals surface area contributed by atoms with E-state index >= 15 is 0 Å². The van der Waals surface area contributed by atoms with Gasteiger partial charge < -0.3 is 23.4 Å². The van der Waals surface area contributed by atoms with Crippen LogP contribution in [0.5, 0.6) is 17.2 Å². The summed E-state index contributed by atoms with van der Waals surface area (Å²) < 4.78 is 26.5. The van der Waals surface area contributed by atoms with E-state index in [1.165, 1.54) is 24.3 Å². The van der Waals surface area contributed by atoms with Crippen LogP contribution < -0.4 is 14.2 Å². The van der Waals surface area contributed by atoms with E-state index in [9.17, 15) is 9.59 Å². The Labute approximate surface area is 208 Å². The summed E-state index contributed by atoms with van der Waals surface area (Å²) in [6.45, 7) is -0.477. The predicted octanol–water partition coefficient (Wildman–Crippen LogP) is 4.24. The number of rotatable bonds is 9. The monoisotopic (exact) mass is 490 g/mol. The molecule has 0 fully saturated rings. The second kappa shape index (κ2) is 11.3. The minimum atomic E-state index is -0.679. The fraction of sp³-hybridized carbons (Fsp3) is 0.222. The Morgan fingerprint density at radius 2 is 1.78 bits per heavy atom. The Kier molecular flexibility index (Phi) is 7.69. The lowest BCUT2D eigenvalue weighted by molar-refractivity contribution is -0.149. The molecule has 1 aromatic heterocycles. The molecule has 0 bridgehead atoms. The largest absolute Gasteiger partial charge is 0.497 e. The Morgan fingerprint density at radius 1 is 1.03 bits per heavy atom. The number of hydrogen-bond acceptors (Lipinski definition) is 8. The van der Waals surface area contributed by atoms with E-state index in [-0.39, 0.29) is 0 Å². The first-order valence-corrected chi connectivity index (χ1v) is 11.2. The fourth-order valence-corrected chi connectivity index (χ4v) is 3.78. The highest BCUT2D eigenvalue weighted by atomic mass is 16.5. The van der Waals surface area contributed by atoms with Crippen molar-refractivity contribution in [3.05, 3.63) is 83.8 Å². The molecule has 0 N–H and O–H groups in total. The fourth-order valence-electron chi connectivity index (χ4n) is 3.78. The first-order chi connectivity index (χ1) is 17.5. The SMILES string of the molecule is COc1ccc(C2=NN(C(=O)COC(=O)/C=C/c3cc(OC)ccc3OC)C(c3ccco3)C2)cc1. The molecule has 186 valence electrons. The van der Waals surface area contributed by atoms with Gasteiger partial charge in [-0.2, -0.15) is 5.10 Å². The molecule has 3 aromatic rings. The molecule has 1 aliphatic rings. The lowest BCUT2D eigenvalue weighted by atomic mass is 10.0. The Hall–Kier alpha value is -4.53. The molecule has 9 nitrogen and oxygen atoms in total. The van der Waals surface area contributed by atoms with E-state index in [0.717, 1.165) is 11.3 Å². The second-order valence-electron chi connectivity index (χ2n) is 7.80. The van der Waals surface area contributed by atoms with E-state index in [4.69, 9.17) is 23.4 Å². The van der Waals surface area contributed by atoms with Gasteiger partial charge in [0.1, 0.15) is 29.1 Å². The summed E-state index contributed by atoms with van der Waals surface area (Å²) in [4.78, 5) is 25.3. The van der Waals surface area contributed by atoms with Gasteiger partial charge in [-0.15, -0.1) is 0 Å². The predicted molar refractivity (Wildman–Crippen MR) is 132 cm³/mol. The standard InChI is InChI=1S/C27H26N2O7/c1-32-20-9-6-18(7-10-20)22-16-23(25-5-4-14-35-25)29(28-22)26(30)17-36-27(31)13-8-19-15-21(33-2)11-12-24(19)34-3/h4-15,23H,16-17H2,1-3H3/b13-8+. The number of esters is 1. The summed E-state index contributed by atoms with van der Waals surface area (Å²) in [6, 6.07) is 15.7. The number of hydrogen-bond donors (Lipinski definition) is 0. The topological polar surface area (TPSA) is 99.8 Å². The number of ether oxygens (including phenoxy) is 4. The zero-order valence-corrected chi connectivity index (χ0v) is 20.2. The van der Waals surface area contributed by atoms with Crippen LogP contribution in [0.1, 0.15) is 29.3 Å². The lowest BCUT2D eigenvalue weighted by Gasteiger charge is -2.19. The average molecular weight is 491 g/mol. The number of hydrazone groups is 1. The van der Waals surface area contributed by atoms with Crippen LogP contribution in [0.25, 0.3) is 6.08 Å². The first-order valence-electron chi connectivity index (χ1n) is 11.2. The molecule has 0 spiro atoms. The highest BCUT2D eigenvalue weighted by Crippen LogP contribution is 2.33. The number of benzene rings is 2. The smallest absolute Gasteiger partial charge is 0.331 e. The summed E-state index contributed by atoms with van der Waals surface area (Å²) in [5.74, 6) is 1.34. The van der Waals surface area contributed by atoms with Crippen molar-refractivity contribution in [3.63, 3.8) is 0 Å². The van der Waals surface area contributed by atoms with Crippen LogP contribution in [0.15, 0.2) is 76.5 Å². The molecule has 1 aliphatic heterocycles. The van der Waals surface area contributed by atoms with Gasteiger partial charge in [0.15, 0.2) is 6.61 Å². The van der Waals surface area contributed by atoms with Crippen molar-refractivity contribution >= 4 is 23.7 Å². The average Bonchev–Trinajstić information content (AvgIpc) is 3.61. The van der Waals surface area contributed by atoms with E-state index in [2.05, 4.69) is 5.10 Å². The molecule has 0 saturated heterocycles. The zero-order valence-electron chi connectivity index (χ0n) is 20.2. The molecule has 2 heterocycles. The van der Waals surface area contributed by atoms with Gasteiger partial charge in [-0.05, 0) is 66.2 Å². The quantitative estimate of drug-likeness (QED) is 0.327. The van der Waals surface area contributed by atoms with Crippen molar-refractivity contribution < 1.29 is 33.0 Å². The third-order valence-electron chi connectivity index (χ3n) is 5.63. The first kappa shape index (κ1) is 24.6. The maximum absolute atomic E-state index is 13.0. The molecule has 1 unspecified atom stereocenters. The van der Waals surface area contributed by atoms with Crippen LogP contribution in [0, 0.1) is 0 Å². The number of nitrogens with zero attached hydrogens (tertiary/aromatic N) is 2. The molecule has 36 heavy (non-hydrogen) atoms. The minimum Gasteiger partial charge on any atom is -0.497 e. The molecule has 0 saturated carbocycles. The zero-order chi connectivity index (χ0) is 25.5.